The molecule has 0 fully saturated rings. The van der Waals surface area contributed by atoms with E-state index >= 15 is 0 Å². The molecule has 7 nitrogen and oxygen atoms in total. The van der Waals surface area contributed by atoms with Crippen molar-refractivity contribution in [3.05, 3.63) is 78.9 Å². The van der Waals surface area contributed by atoms with Crippen LogP contribution in [0.1, 0.15) is 41.6 Å². The number of benzene rings is 2. The van der Waals surface area contributed by atoms with Gasteiger partial charge < -0.3 is 18.9 Å². The molecule has 0 aliphatic rings. The van der Waals surface area contributed by atoms with E-state index in [0.717, 1.165) is 43.4 Å². The van der Waals surface area contributed by atoms with E-state index in [0.29, 0.717) is 36.0 Å². The Labute approximate surface area is 193 Å². The lowest BCUT2D eigenvalue weighted by molar-refractivity contribution is -0.137. The predicted molar refractivity (Wildman–Crippen MR) is 124 cm³/mol. The van der Waals surface area contributed by atoms with Crippen molar-refractivity contribution in [3.63, 3.8) is 0 Å². The molecule has 0 saturated carbocycles. The molecule has 2 aromatic rings. The maximum absolute atomic E-state index is 12.5. The van der Waals surface area contributed by atoms with E-state index < -0.39 is 17.9 Å². The van der Waals surface area contributed by atoms with E-state index in [1.165, 1.54) is 12.1 Å². The Bertz CT molecular complexity index is 977. The molecule has 0 amide bonds. The molecular weight excluding hydrogens is 424 g/mol. The number of aryl methyl sites for hydroxylation is 1. The maximum atomic E-state index is 12.5. The minimum atomic E-state index is -0.566. The Morgan fingerprint density at radius 2 is 1.33 bits per heavy atom. The molecule has 0 aromatic heterocycles. The van der Waals surface area contributed by atoms with Crippen molar-refractivity contribution in [2.45, 2.75) is 32.6 Å². The number of unbranched alkanes of at least 4 members (excludes halogenated alkanes) is 3. The van der Waals surface area contributed by atoms with Crippen LogP contribution in [0.25, 0.3) is 0 Å². The summed E-state index contributed by atoms with van der Waals surface area (Å²) < 4.78 is 21.1. The van der Waals surface area contributed by atoms with E-state index in [4.69, 9.17) is 18.9 Å². The van der Waals surface area contributed by atoms with Crippen LogP contribution in [-0.4, -0.2) is 31.1 Å². The van der Waals surface area contributed by atoms with Gasteiger partial charge >= 0.3 is 17.9 Å². The summed E-state index contributed by atoms with van der Waals surface area (Å²) in [5.74, 6) is -0.120. The van der Waals surface area contributed by atoms with Gasteiger partial charge in [-0.3, -0.25) is 0 Å². The van der Waals surface area contributed by atoms with Crippen LogP contribution in [-0.2, 0) is 14.3 Å². The maximum Gasteiger partial charge on any atom is 0.343 e. The van der Waals surface area contributed by atoms with Crippen LogP contribution < -0.4 is 14.2 Å². The second kappa shape index (κ2) is 13.5. The first-order chi connectivity index (χ1) is 15.9. The van der Waals surface area contributed by atoms with E-state index in [2.05, 4.69) is 13.2 Å². The number of carbonyl (C=O) groups is 3. The fourth-order valence-corrected chi connectivity index (χ4v) is 2.83. The third kappa shape index (κ3) is 9.03. The van der Waals surface area contributed by atoms with Crippen LogP contribution in [0.15, 0.2) is 67.8 Å². The van der Waals surface area contributed by atoms with Crippen molar-refractivity contribution in [2.24, 2.45) is 0 Å². The molecule has 2 aromatic carbocycles. The molecule has 33 heavy (non-hydrogen) atoms. The third-order valence-electron chi connectivity index (χ3n) is 4.56. The van der Waals surface area contributed by atoms with Crippen molar-refractivity contribution < 1.29 is 33.3 Å². The molecule has 7 heteroatoms. The summed E-state index contributed by atoms with van der Waals surface area (Å²) in [6.07, 6.45) is 5.80. The van der Waals surface area contributed by atoms with Crippen molar-refractivity contribution in [1.82, 2.24) is 0 Å². The van der Waals surface area contributed by atoms with Gasteiger partial charge in [0, 0.05) is 12.2 Å². The standard InChI is InChI=1S/C26H28O7/c1-4-24(27)31-17-9-7-6-8-16-30-22-14-15-23(19(3)18-22)26(29)33-21-12-10-20(11-13-21)32-25(28)5-2/h4-5,10-15,18H,1-2,6-9,16-17H2,3H3. The molecular formula is C26H28O7. The summed E-state index contributed by atoms with van der Waals surface area (Å²) in [5.41, 5.74) is 1.16. The SMILES string of the molecule is C=CC(=O)OCCCCCCOc1ccc(C(=O)Oc2ccc(OC(=O)C=C)cc2)c(C)c1. The largest absolute Gasteiger partial charge is 0.494 e. The number of hydrogen-bond acceptors (Lipinski definition) is 7. The average molecular weight is 453 g/mol. The Morgan fingerprint density at radius 1 is 0.758 bits per heavy atom. The summed E-state index contributed by atoms with van der Waals surface area (Å²) in [7, 11) is 0. The molecule has 0 saturated heterocycles. The average Bonchev–Trinajstić information content (AvgIpc) is 2.81. The molecule has 2 rings (SSSR count). The Morgan fingerprint density at radius 3 is 1.94 bits per heavy atom. The van der Waals surface area contributed by atoms with Crippen molar-refractivity contribution in [1.29, 1.82) is 0 Å². The Hall–Kier alpha value is -3.87. The van der Waals surface area contributed by atoms with Crippen LogP contribution in [0.3, 0.4) is 0 Å². The van der Waals surface area contributed by atoms with Gasteiger partial charge in [-0.1, -0.05) is 13.2 Å². The normalized spacial score (nSPS) is 10.1. The molecule has 174 valence electrons. The summed E-state index contributed by atoms with van der Waals surface area (Å²) in [6.45, 7) is 9.45. The third-order valence-corrected chi connectivity index (χ3v) is 4.56. The molecule has 0 radical (unpaired) electrons. The summed E-state index contributed by atoms with van der Waals surface area (Å²) >= 11 is 0. The van der Waals surface area contributed by atoms with Crippen LogP contribution in [0.4, 0.5) is 0 Å². The Balaban J connectivity index is 1.76. The second-order valence-electron chi connectivity index (χ2n) is 7.10. The molecule has 0 spiro atoms. The van der Waals surface area contributed by atoms with Crippen LogP contribution in [0.2, 0.25) is 0 Å². The molecule has 0 aliphatic heterocycles. The van der Waals surface area contributed by atoms with Gasteiger partial charge in [-0.05, 0) is 80.6 Å². The van der Waals surface area contributed by atoms with E-state index in [1.807, 2.05) is 6.92 Å². The van der Waals surface area contributed by atoms with E-state index in [1.54, 1.807) is 30.3 Å². The molecule has 0 aliphatic carbocycles. The highest BCUT2D eigenvalue weighted by Crippen LogP contribution is 2.22. The zero-order valence-corrected chi connectivity index (χ0v) is 18.7. The van der Waals surface area contributed by atoms with Gasteiger partial charge in [-0.15, -0.1) is 0 Å². The summed E-state index contributed by atoms with van der Waals surface area (Å²) in [6, 6.07) is 11.3. The van der Waals surface area contributed by atoms with Gasteiger partial charge in [-0.25, -0.2) is 14.4 Å². The smallest absolute Gasteiger partial charge is 0.343 e. The minimum Gasteiger partial charge on any atom is -0.494 e. The number of hydrogen-bond donors (Lipinski definition) is 0. The van der Waals surface area contributed by atoms with Crippen LogP contribution >= 0.6 is 0 Å². The molecule has 0 heterocycles. The van der Waals surface area contributed by atoms with Crippen LogP contribution in [0, 0.1) is 6.92 Å². The highest BCUT2D eigenvalue weighted by molar-refractivity contribution is 5.92. The first-order valence-corrected chi connectivity index (χ1v) is 10.6. The molecule has 0 atom stereocenters. The lowest BCUT2D eigenvalue weighted by Crippen LogP contribution is -2.10. The fraction of sp³-hybridized carbons (Fsp3) is 0.269. The lowest BCUT2D eigenvalue weighted by Gasteiger charge is -2.10. The van der Waals surface area contributed by atoms with Crippen LogP contribution in [0.5, 0.6) is 17.2 Å². The summed E-state index contributed by atoms with van der Waals surface area (Å²) in [4.78, 5) is 34.6. The van der Waals surface area contributed by atoms with Gasteiger partial charge in [0.25, 0.3) is 0 Å². The highest BCUT2D eigenvalue weighted by Gasteiger charge is 2.13. The van der Waals surface area contributed by atoms with Gasteiger partial charge in [-0.2, -0.15) is 0 Å². The second-order valence-corrected chi connectivity index (χ2v) is 7.10. The van der Waals surface area contributed by atoms with E-state index in [9.17, 15) is 14.4 Å². The Kier molecular flexibility index (Phi) is 10.4. The van der Waals surface area contributed by atoms with Gasteiger partial charge in [0.2, 0.25) is 0 Å². The van der Waals surface area contributed by atoms with Gasteiger partial charge in [0.05, 0.1) is 18.8 Å². The van der Waals surface area contributed by atoms with Gasteiger partial charge in [0.1, 0.15) is 17.2 Å². The number of ether oxygens (including phenoxy) is 4. The van der Waals surface area contributed by atoms with Gasteiger partial charge in [0.15, 0.2) is 0 Å². The number of esters is 3. The number of carbonyl (C=O) groups excluding carboxylic acids is 3. The number of rotatable bonds is 13. The first-order valence-electron chi connectivity index (χ1n) is 10.6. The van der Waals surface area contributed by atoms with Crippen molar-refractivity contribution >= 4 is 17.9 Å². The minimum absolute atomic E-state index is 0.327. The lowest BCUT2D eigenvalue weighted by atomic mass is 10.1. The first kappa shape index (κ1) is 25.4. The predicted octanol–water partition coefficient (Wildman–Crippen LogP) is 4.97. The fourth-order valence-electron chi connectivity index (χ4n) is 2.83. The zero-order valence-electron chi connectivity index (χ0n) is 18.7. The van der Waals surface area contributed by atoms with E-state index in [-0.39, 0.29) is 0 Å². The molecule has 0 N–H and O–H groups in total. The van der Waals surface area contributed by atoms with Crippen molar-refractivity contribution in [3.8, 4) is 17.2 Å². The molecule has 0 unspecified atom stereocenters. The molecule has 0 bridgehead atoms. The topological polar surface area (TPSA) is 88.1 Å². The quantitative estimate of drug-likeness (QED) is 0.183. The summed E-state index contributed by atoms with van der Waals surface area (Å²) in [5, 5.41) is 0. The monoisotopic (exact) mass is 452 g/mol. The zero-order chi connectivity index (χ0) is 24.1. The highest BCUT2D eigenvalue weighted by atomic mass is 16.5. The van der Waals surface area contributed by atoms with Crippen molar-refractivity contribution in [2.75, 3.05) is 13.2 Å².